The van der Waals surface area contributed by atoms with Crippen molar-refractivity contribution in [2.24, 2.45) is 5.73 Å². The lowest BCUT2D eigenvalue weighted by Crippen LogP contribution is -2.48. The van der Waals surface area contributed by atoms with E-state index in [4.69, 9.17) is 17.3 Å². The number of likely N-dealkylation sites (tertiary alicyclic amines) is 1. The van der Waals surface area contributed by atoms with Crippen molar-refractivity contribution in [1.29, 1.82) is 0 Å². The maximum atomic E-state index is 10.8. The van der Waals surface area contributed by atoms with E-state index in [-0.39, 0.29) is 0 Å². The molecule has 2 unspecified atom stereocenters. The van der Waals surface area contributed by atoms with Crippen LogP contribution in [-0.2, 0) is 4.79 Å². The lowest BCUT2D eigenvalue weighted by molar-refractivity contribution is -0.121. The minimum atomic E-state index is -0.625. The molecular weight excluding hydrogens is 176 g/mol. The smallest absolute Gasteiger partial charge is 0.250 e. The fraction of sp³-hybridized carbons (Fsp3) is 0.875. The summed E-state index contributed by atoms with van der Waals surface area (Å²) in [6.07, 6.45) is 3.44. The first kappa shape index (κ1) is 9.81. The molecule has 4 heteroatoms. The van der Waals surface area contributed by atoms with Crippen LogP contribution in [-0.4, -0.2) is 28.9 Å². The van der Waals surface area contributed by atoms with Gasteiger partial charge in [-0.25, -0.2) is 0 Å². The van der Waals surface area contributed by atoms with E-state index in [0.717, 1.165) is 19.4 Å². The molecule has 3 nitrogen and oxygen atoms in total. The van der Waals surface area contributed by atoms with Crippen LogP contribution in [0.5, 0.6) is 0 Å². The predicted octanol–water partition coefficient (Wildman–Crippen LogP) is 0.911. The van der Waals surface area contributed by atoms with Crippen molar-refractivity contribution in [1.82, 2.24) is 4.90 Å². The molecule has 0 bridgehead atoms. The summed E-state index contributed by atoms with van der Waals surface area (Å²) >= 11 is 5.84. The minimum absolute atomic E-state index is 0.383. The van der Waals surface area contributed by atoms with E-state index in [1.165, 1.54) is 6.42 Å². The minimum Gasteiger partial charge on any atom is -0.367 e. The molecule has 0 aromatic heterocycles. The molecule has 0 saturated carbocycles. The highest BCUT2D eigenvalue weighted by atomic mass is 35.5. The zero-order valence-electron chi connectivity index (χ0n) is 7.29. The molecule has 1 amide bonds. The van der Waals surface area contributed by atoms with Gasteiger partial charge in [0.25, 0.3) is 0 Å². The topological polar surface area (TPSA) is 46.3 Å². The monoisotopic (exact) mass is 190 g/mol. The van der Waals surface area contributed by atoms with Crippen molar-refractivity contribution in [2.75, 3.05) is 6.54 Å². The number of nitrogens with two attached hydrogens (primary N) is 1. The van der Waals surface area contributed by atoms with Gasteiger partial charge in [0.1, 0.15) is 0 Å². The Labute approximate surface area is 77.9 Å². The summed E-state index contributed by atoms with van der Waals surface area (Å²) in [6.45, 7) is 2.97. The summed E-state index contributed by atoms with van der Waals surface area (Å²) < 4.78 is 0. The van der Waals surface area contributed by atoms with Gasteiger partial charge in [0.05, 0.1) is 0 Å². The van der Waals surface area contributed by atoms with Crippen molar-refractivity contribution < 1.29 is 4.79 Å². The molecule has 1 rings (SSSR count). The highest BCUT2D eigenvalue weighted by molar-refractivity contribution is 6.30. The lowest BCUT2D eigenvalue weighted by atomic mass is 10.0. The van der Waals surface area contributed by atoms with Gasteiger partial charge < -0.3 is 5.73 Å². The Kier molecular flexibility index (Phi) is 3.35. The number of amides is 1. The van der Waals surface area contributed by atoms with Gasteiger partial charge in [0.15, 0.2) is 5.50 Å². The first-order valence-electron chi connectivity index (χ1n) is 4.32. The van der Waals surface area contributed by atoms with Crippen LogP contribution in [0.2, 0.25) is 0 Å². The van der Waals surface area contributed by atoms with Crippen LogP contribution in [0.4, 0.5) is 0 Å². The molecule has 1 fully saturated rings. The van der Waals surface area contributed by atoms with E-state index in [9.17, 15) is 4.79 Å². The van der Waals surface area contributed by atoms with Crippen LogP contribution in [0, 0.1) is 0 Å². The Morgan fingerprint density at radius 3 is 2.83 bits per heavy atom. The number of primary amides is 1. The average molecular weight is 191 g/mol. The number of hydrogen-bond donors (Lipinski definition) is 1. The number of carbonyl (C=O) groups is 1. The number of rotatable bonds is 2. The van der Waals surface area contributed by atoms with Crippen LogP contribution < -0.4 is 5.73 Å². The van der Waals surface area contributed by atoms with Gasteiger partial charge in [0, 0.05) is 12.6 Å². The normalized spacial score (nSPS) is 28.3. The largest absolute Gasteiger partial charge is 0.367 e. The van der Waals surface area contributed by atoms with E-state index in [0.29, 0.717) is 6.04 Å². The first-order valence-corrected chi connectivity index (χ1v) is 4.75. The fourth-order valence-electron chi connectivity index (χ4n) is 1.62. The third kappa shape index (κ3) is 2.11. The summed E-state index contributed by atoms with van der Waals surface area (Å²) in [6, 6.07) is 0.383. The molecule has 1 saturated heterocycles. The summed E-state index contributed by atoms with van der Waals surface area (Å²) in [4.78, 5) is 12.8. The Morgan fingerprint density at radius 2 is 2.33 bits per heavy atom. The van der Waals surface area contributed by atoms with E-state index in [1.54, 1.807) is 0 Å². The second-order valence-electron chi connectivity index (χ2n) is 3.32. The Morgan fingerprint density at radius 1 is 1.67 bits per heavy atom. The van der Waals surface area contributed by atoms with Gasteiger partial charge in [0.2, 0.25) is 5.91 Å². The average Bonchev–Trinajstić information content (AvgIpc) is 2.04. The Hall–Kier alpha value is -0.280. The van der Waals surface area contributed by atoms with Crippen molar-refractivity contribution in [2.45, 2.75) is 37.7 Å². The van der Waals surface area contributed by atoms with Crippen molar-refractivity contribution in [3.63, 3.8) is 0 Å². The number of hydrogen-bond acceptors (Lipinski definition) is 2. The standard InChI is InChI=1S/C8H15ClN2O/c1-6-4-2-3-5-11(6)7(9)8(10)12/h6-7H,2-5H2,1H3,(H2,10,12). The van der Waals surface area contributed by atoms with Gasteiger partial charge in [-0.2, -0.15) is 0 Å². The Bertz CT molecular complexity index is 174. The van der Waals surface area contributed by atoms with Crippen molar-refractivity contribution >= 4 is 17.5 Å². The molecule has 12 heavy (non-hydrogen) atoms. The quantitative estimate of drug-likeness (QED) is 0.520. The van der Waals surface area contributed by atoms with Crippen LogP contribution in [0.1, 0.15) is 26.2 Å². The van der Waals surface area contributed by atoms with Gasteiger partial charge in [-0.05, 0) is 19.8 Å². The second-order valence-corrected chi connectivity index (χ2v) is 3.73. The summed E-state index contributed by atoms with van der Waals surface area (Å²) in [5.74, 6) is -0.439. The second kappa shape index (κ2) is 4.10. The van der Waals surface area contributed by atoms with Gasteiger partial charge >= 0.3 is 0 Å². The van der Waals surface area contributed by atoms with E-state index >= 15 is 0 Å². The maximum Gasteiger partial charge on any atom is 0.250 e. The van der Waals surface area contributed by atoms with Gasteiger partial charge in [-0.15, -0.1) is 0 Å². The maximum absolute atomic E-state index is 10.8. The van der Waals surface area contributed by atoms with Gasteiger partial charge in [-0.1, -0.05) is 18.0 Å². The van der Waals surface area contributed by atoms with E-state index in [1.807, 2.05) is 4.90 Å². The first-order chi connectivity index (χ1) is 5.63. The molecule has 0 aliphatic carbocycles. The van der Waals surface area contributed by atoms with Crippen LogP contribution in [0.15, 0.2) is 0 Å². The van der Waals surface area contributed by atoms with Gasteiger partial charge in [-0.3, -0.25) is 9.69 Å². The molecule has 0 aromatic rings. The molecule has 1 aliphatic heterocycles. The molecule has 0 spiro atoms. The molecule has 0 aromatic carbocycles. The molecule has 1 aliphatic rings. The highest BCUT2D eigenvalue weighted by Crippen LogP contribution is 2.20. The van der Waals surface area contributed by atoms with Crippen LogP contribution >= 0.6 is 11.6 Å². The van der Waals surface area contributed by atoms with E-state index < -0.39 is 11.4 Å². The van der Waals surface area contributed by atoms with Crippen LogP contribution in [0.3, 0.4) is 0 Å². The molecule has 0 radical (unpaired) electrons. The fourth-order valence-corrected chi connectivity index (χ4v) is 1.91. The number of halogens is 1. The summed E-state index contributed by atoms with van der Waals surface area (Å²) in [5, 5.41) is 0. The van der Waals surface area contributed by atoms with Crippen LogP contribution in [0.25, 0.3) is 0 Å². The van der Waals surface area contributed by atoms with Crippen molar-refractivity contribution in [3.05, 3.63) is 0 Å². The third-order valence-electron chi connectivity index (χ3n) is 2.38. The van der Waals surface area contributed by atoms with E-state index in [2.05, 4.69) is 6.92 Å². The lowest BCUT2D eigenvalue weighted by Gasteiger charge is -2.35. The molecule has 70 valence electrons. The number of carbonyl (C=O) groups excluding carboxylic acids is 1. The SMILES string of the molecule is CC1CCCCN1C(Cl)C(N)=O. The number of alkyl halides is 1. The molecular formula is C8H15ClN2O. The zero-order valence-corrected chi connectivity index (χ0v) is 8.05. The number of nitrogens with zero attached hydrogens (tertiary/aromatic N) is 1. The molecule has 2 atom stereocenters. The predicted molar refractivity (Wildman–Crippen MR) is 48.9 cm³/mol. The van der Waals surface area contributed by atoms with Crippen molar-refractivity contribution in [3.8, 4) is 0 Å². The summed E-state index contributed by atoms with van der Waals surface area (Å²) in [5.41, 5.74) is 4.49. The summed E-state index contributed by atoms with van der Waals surface area (Å²) in [7, 11) is 0. The number of piperidine rings is 1. The highest BCUT2D eigenvalue weighted by Gasteiger charge is 2.27. The molecule has 1 heterocycles. The Balaban J connectivity index is 2.53. The zero-order chi connectivity index (χ0) is 9.14. The molecule has 2 N–H and O–H groups in total. The third-order valence-corrected chi connectivity index (χ3v) is 2.85.